The minimum atomic E-state index is 0.811. The Morgan fingerprint density at radius 2 is 2.13 bits per heavy atom. The second-order valence-electron chi connectivity index (χ2n) is 3.66. The van der Waals surface area contributed by atoms with Crippen LogP contribution in [0.5, 0.6) is 5.75 Å². The largest absolute Gasteiger partial charge is 0.493 e. The van der Waals surface area contributed by atoms with Crippen LogP contribution in [0.3, 0.4) is 0 Å². The first kappa shape index (κ1) is 8.48. The quantitative estimate of drug-likeness (QED) is 0.701. The number of hydrogen-bond donors (Lipinski definition) is 0. The van der Waals surface area contributed by atoms with Crippen molar-refractivity contribution in [1.29, 1.82) is 0 Å². The van der Waals surface area contributed by atoms with E-state index in [0.717, 1.165) is 24.3 Å². The average molecular weight is 197 g/mol. The normalized spacial score (nSPS) is 13.3. The molecule has 0 unspecified atom stereocenters. The monoisotopic (exact) mass is 197 g/mol. The molecule has 0 radical (unpaired) electrons. The Hall–Kier alpha value is -1.83. The highest BCUT2D eigenvalue weighted by molar-refractivity contribution is 5.65. The summed E-state index contributed by atoms with van der Waals surface area (Å²) in [5, 5.41) is 0. The fraction of sp³-hybridized carbons (Fsp3) is 0.154. The highest BCUT2D eigenvalue weighted by Gasteiger charge is 2.12. The van der Waals surface area contributed by atoms with Gasteiger partial charge in [-0.15, -0.1) is 0 Å². The van der Waals surface area contributed by atoms with Gasteiger partial charge in [-0.05, 0) is 23.3 Å². The Morgan fingerprint density at radius 1 is 1.13 bits per heavy atom. The molecule has 0 N–H and O–H groups in total. The standard InChI is InChI=1S/C13H11NO/c1-2-12(9-14-6-1)11-4-3-10-5-7-15-13(10)8-11/h1-4,6,8-9H,5,7H2. The lowest BCUT2D eigenvalue weighted by Crippen LogP contribution is -1.86. The highest BCUT2D eigenvalue weighted by atomic mass is 16.5. The maximum Gasteiger partial charge on any atom is 0.123 e. The molecule has 1 aromatic heterocycles. The lowest BCUT2D eigenvalue weighted by Gasteiger charge is -2.03. The molecule has 2 heteroatoms. The molecular formula is C13H11NO. The molecule has 15 heavy (non-hydrogen) atoms. The molecule has 0 amide bonds. The van der Waals surface area contributed by atoms with Crippen molar-refractivity contribution in [1.82, 2.24) is 4.98 Å². The molecule has 2 heterocycles. The van der Waals surface area contributed by atoms with Crippen molar-refractivity contribution in [2.75, 3.05) is 6.61 Å². The van der Waals surface area contributed by atoms with Crippen molar-refractivity contribution >= 4 is 0 Å². The molecule has 0 bridgehead atoms. The van der Waals surface area contributed by atoms with E-state index in [0.29, 0.717) is 0 Å². The van der Waals surface area contributed by atoms with Gasteiger partial charge in [0.05, 0.1) is 6.61 Å². The molecule has 0 saturated carbocycles. The lowest BCUT2D eigenvalue weighted by atomic mass is 10.0. The first-order valence-electron chi connectivity index (χ1n) is 5.09. The van der Waals surface area contributed by atoms with Crippen LogP contribution in [0.4, 0.5) is 0 Å². The molecule has 74 valence electrons. The van der Waals surface area contributed by atoms with E-state index in [-0.39, 0.29) is 0 Å². The minimum Gasteiger partial charge on any atom is -0.493 e. The zero-order chi connectivity index (χ0) is 10.1. The van der Waals surface area contributed by atoms with E-state index < -0.39 is 0 Å². The predicted octanol–water partition coefficient (Wildman–Crippen LogP) is 2.68. The second-order valence-corrected chi connectivity index (χ2v) is 3.66. The average Bonchev–Trinajstić information content (AvgIpc) is 2.77. The van der Waals surface area contributed by atoms with Gasteiger partial charge >= 0.3 is 0 Å². The zero-order valence-electron chi connectivity index (χ0n) is 8.31. The summed E-state index contributed by atoms with van der Waals surface area (Å²) in [4.78, 5) is 4.11. The van der Waals surface area contributed by atoms with Gasteiger partial charge in [0.2, 0.25) is 0 Å². The van der Waals surface area contributed by atoms with E-state index >= 15 is 0 Å². The minimum absolute atomic E-state index is 0.811. The Balaban J connectivity index is 2.07. The summed E-state index contributed by atoms with van der Waals surface area (Å²) in [6.45, 7) is 0.811. The number of hydrogen-bond acceptors (Lipinski definition) is 2. The maximum absolute atomic E-state index is 5.54. The summed E-state index contributed by atoms with van der Waals surface area (Å²) in [5.74, 6) is 1.02. The summed E-state index contributed by atoms with van der Waals surface area (Å²) in [7, 11) is 0. The van der Waals surface area contributed by atoms with Crippen LogP contribution in [0.25, 0.3) is 11.1 Å². The first-order chi connectivity index (χ1) is 7.43. The summed E-state index contributed by atoms with van der Waals surface area (Å²) < 4.78 is 5.54. The molecular weight excluding hydrogens is 186 g/mol. The predicted molar refractivity (Wildman–Crippen MR) is 58.9 cm³/mol. The van der Waals surface area contributed by atoms with Gasteiger partial charge < -0.3 is 4.74 Å². The van der Waals surface area contributed by atoms with Crippen LogP contribution in [-0.4, -0.2) is 11.6 Å². The van der Waals surface area contributed by atoms with Crippen LogP contribution < -0.4 is 4.74 Å². The number of fused-ring (bicyclic) bond motifs is 1. The van der Waals surface area contributed by atoms with E-state index in [1.165, 1.54) is 11.1 Å². The molecule has 0 spiro atoms. The molecule has 0 saturated heterocycles. The van der Waals surface area contributed by atoms with Gasteiger partial charge in [0.15, 0.2) is 0 Å². The molecule has 3 rings (SSSR count). The fourth-order valence-electron chi connectivity index (χ4n) is 1.88. The van der Waals surface area contributed by atoms with Crippen LogP contribution in [0.1, 0.15) is 5.56 Å². The Labute approximate surface area is 88.5 Å². The van der Waals surface area contributed by atoms with Crippen LogP contribution in [0, 0.1) is 0 Å². The number of ether oxygens (including phenoxy) is 1. The highest BCUT2D eigenvalue weighted by Crippen LogP contribution is 2.30. The number of pyridine rings is 1. The van der Waals surface area contributed by atoms with Gasteiger partial charge in [0.25, 0.3) is 0 Å². The van der Waals surface area contributed by atoms with Crippen molar-refractivity contribution in [2.45, 2.75) is 6.42 Å². The van der Waals surface area contributed by atoms with Gasteiger partial charge in [-0.2, -0.15) is 0 Å². The van der Waals surface area contributed by atoms with E-state index in [9.17, 15) is 0 Å². The van der Waals surface area contributed by atoms with E-state index in [4.69, 9.17) is 4.74 Å². The Kier molecular flexibility index (Phi) is 1.91. The van der Waals surface area contributed by atoms with Gasteiger partial charge in [0, 0.05) is 24.4 Å². The summed E-state index contributed by atoms with van der Waals surface area (Å²) in [6, 6.07) is 10.4. The molecule has 0 fully saturated rings. The van der Waals surface area contributed by atoms with Crippen molar-refractivity contribution in [3.8, 4) is 16.9 Å². The summed E-state index contributed by atoms with van der Waals surface area (Å²) in [6.07, 6.45) is 4.69. The van der Waals surface area contributed by atoms with E-state index in [1.54, 1.807) is 6.20 Å². The van der Waals surface area contributed by atoms with Crippen LogP contribution in [0.2, 0.25) is 0 Å². The van der Waals surface area contributed by atoms with E-state index in [2.05, 4.69) is 29.2 Å². The van der Waals surface area contributed by atoms with Crippen LogP contribution >= 0.6 is 0 Å². The van der Waals surface area contributed by atoms with E-state index in [1.807, 2.05) is 12.3 Å². The lowest BCUT2D eigenvalue weighted by molar-refractivity contribution is 0.357. The van der Waals surface area contributed by atoms with Crippen molar-refractivity contribution in [3.63, 3.8) is 0 Å². The first-order valence-corrected chi connectivity index (χ1v) is 5.09. The van der Waals surface area contributed by atoms with Crippen LogP contribution in [-0.2, 0) is 6.42 Å². The molecule has 2 nitrogen and oxygen atoms in total. The molecule has 1 aromatic carbocycles. The number of nitrogens with zero attached hydrogens (tertiary/aromatic N) is 1. The van der Waals surface area contributed by atoms with Gasteiger partial charge in [0.1, 0.15) is 5.75 Å². The summed E-state index contributed by atoms with van der Waals surface area (Å²) in [5.41, 5.74) is 3.61. The van der Waals surface area contributed by atoms with Gasteiger partial charge in [-0.1, -0.05) is 18.2 Å². The van der Waals surface area contributed by atoms with Crippen LogP contribution in [0.15, 0.2) is 42.7 Å². The topological polar surface area (TPSA) is 22.1 Å². The fourth-order valence-corrected chi connectivity index (χ4v) is 1.88. The Bertz CT molecular complexity index is 479. The molecule has 0 aliphatic carbocycles. The van der Waals surface area contributed by atoms with Crippen molar-refractivity contribution in [3.05, 3.63) is 48.3 Å². The SMILES string of the molecule is c1cncc(-c2ccc3c(c2)OCC3)c1. The third-order valence-electron chi connectivity index (χ3n) is 2.69. The Morgan fingerprint density at radius 3 is 3.00 bits per heavy atom. The third-order valence-corrected chi connectivity index (χ3v) is 2.69. The number of aromatic nitrogens is 1. The molecule has 1 aliphatic heterocycles. The zero-order valence-corrected chi connectivity index (χ0v) is 8.31. The van der Waals surface area contributed by atoms with Crippen molar-refractivity contribution < 1.29 is 4.74 Å². The number of rotatable bonds is 1. The summed E-state index contributed by atoms with van der Waals surface area (Å²) >= 11 is 0. The third kappa shape index (κ3) is 1.48. The smallest absolute Gasteiger partial charge is 0.123 e. The molecule has 1 aliphatic rings. The maximum atomic E-state index is 5.54. The van der Waals surface area contributed by atoms with Gasteiger partial charge in [-0.3, -0.25) is 4.98 Å². The van der Waals surface area contributed by atoms with Crippen molar-refractivity contribution in [2.24, 2.45) is 0 Å². The second kappa shape index (κ2) is 3.39. The number of benzene rings is 1. The molecule has 0 atom stereocenters. The molecule has 2 aromatic rings. The van der Waals surface area contributed by atoms with Gasteiger partial charge in [-0.25, -0.2) is 0 Å².